The number of aryl methyl sites for hydroxylation is 2. The third-order valence-electron chi connectivity index (χ3n) is 1.97. The van der Waals surface area contributed by atoms with Crippen LogP contribution in [0, 0.1) is 13.8 Å². The third-order valence-corrected chi connectivity index (χ3v) is 3.02. The van der Waals surface area contributed by atoms with Gasteiger partial charge in [-0.3, -0.25) is 0 Å². The summed E-state index contributed by atoms with van der Waals surface area (Å²) in [4.78, 5) is 16.9. The maximum absolute atomic E-state index is 5.87. The summed E-state index contributed by atoms with van der Waals surface area (Å²) in [6, 6.07) is 3.60. The molecule has 0 fully saturated rings. The Bertz CT molecular complexity index is 512. The van der Waals surface area contributed by atoms with Crippen molar-refractivity contribution in [3.05, 3.63) is 40.7 Å². The van der Waals surface area contributed by atoms with E-state index >= 15 is 0 Å². The predicted molar refractivity (Wildman–Crippen MR) is 68.1 cm³/mol. The van der Waals surface area contributed by atoms with Crippen molar-refractivity contribution in [1.29, 1.82) is 0 Å². The average molecular weight is 267 g/mol. The minimum Gasteiger partial charge on any atom is -0.237 e. The van der Waals surface area contributed by atoms with Gasteiger partial charge in [0.2, 0.25) is 0 Å². The predicted octanol–water partition coefficient (Wildman–Crippen LogP) is 2.83. The number of hydrogen-bond acceptors (Lipinski definition) is 5. The van der Waals surface area contributed by atoms with Gasteiger partial charge in [-0.1, -0.05) is 23.4 Å². The fraction of sp³-hybridized carbons (Fsp3) is 0.273. The molecule has 0 bridgehead atoms. The molecule has 0 aliphatic heterocycles. The van der Waals surface area contributed by atoms with Crippen LogP contribution in [0.15, 0.2) is 23.5 Å². The first-order chi connectivity index (χ1) is 8.13. The van der Waals surface area contributed by atoms with E-state index in [-0.39, 0.29) is 0 Å². The van der Waals surface area contributed by atoms with Crippen molar-refractivity contribution < 1.29 is 0 Å². The van der Waals surface area contributed by atoms with Gasteiger partial charge >= 0.3 is 0 Å². The summed E-state index contributed by atoms with van der Waals surface area (Å²) in [6.45, 7) is 3.83. The molecule has 0 atom stereocenters. The van der Waals surface area contributed by atoms with E-state index in [0.29, 0.717) is 16.7 Å². The minimum atomic E-state index is 0.471. The van der Waals surface area contributed by atoms with Gasteiger partial charge in [-0.15, -0.1) is 0 Å². The van der Waals surface area contributed by atoms with Crippen LogP contribution in [0.25, 0.3) is 0 Å². The molecule has 2 heterocycles. The first kappa shape index (κ1) is 12.3. The standard InChI is InChI=1S/C11H11ClN4S/c1-7-3-4-13-11(15-7)17-6-10-14-8(2)5-9(12)16-10/h3-5H,6H2,1-2H3. The highest BCUT2D eigenvalue weighted by Gasteiger charge is 2.03. The van der Waals surface area contributed by atoms with Crippen molar-refractivity contribution >= 4 is 23.4 Å². The Labute approximate surface area is 109 Å². The fourth-order valence-corrected chi connectivity index (χ4v) is 2.26. The van der Waals surface area contributed by atoms with Gasteiger partial charge in [-0.2, -0.15) is 0 Å². The van der Waals surface area contributed by atoms with Crippen LogP contribution in [0.2, 0.25) is 5.15 Å². The van der Waals surface area contributed by atoms with Crippen LogP contribution in [0.3, 0.4) is 0 Å². The Kier molecular flexibility index (Phi) is 3.91. The zero-order valence-electron chi connectivity index (χ0n) is 9.51. The van der Waals surface area contributed by atoms with Crippen molar-refractivity contribution in [3.63, 3.8) is 0 Å². The molecule has 88 valence electrons. The number of thioether (sulfide) groups is 1. The molecule has 0 saturated carbocycles. The summed E-state index contributed by atoms with van der Waals surface area (Å²) in [7, 11) is 0. The van der Waals surface area contributed by atoms with Crippen molar-refractivity contribution in [2.45, 2.75) is 24.8 Å². The van der Waals surface area contributed by atoms with Crippen molar-refractivity contribution in [2.75, 3.05) is 0 Å². The molecule has 0 N–H and O–H groups in total. The molecule has 0 saturated heterocycles. The highest BCUT2D eigenvalue weighted by atomic mass is 35.5. The molecule has 17 heavy (non-hydrogen) atoms. The highest BCUT2D eigenvalue weighted by molar-refractivity contribution is 7.98. The van der Waals surface area contributed by atoms with Crippen LogP contribution in [0.4, 0.5) is 0 Å². The topological polar surface area (TPSA) is 51.6 Å². The van der Waals surface area contributed by atoms with E-state index in [1.807, 2.05) is 19.9 Å². The Balaban J connectivity index is 2.07. The lowest BCUT2D eigenvalue weighted by Gasteiger charge is -2.02. The minimum absolute atomic E-state index is 0.471. The summed E-state index contributed by atoms with van der Waals surface area (Å²) in [6.07, 6.45) is 1.74. The SMILES string of the molecule is Cc1cc(Cl)nc(CSc2nccc(C)n2)n1. The second kappa shape index (κ2) is 5.42. The molecule has 0 spiro atoms. The summed E-state index contributed by atoms with van der Waals surface area (Å²) >= 11 is 7.36. The van der Waals surface area contributed by atoms with Crippen LogP contribution in [0.5, 0.6) is 0 Å². The summed E-state index contributed by atoms with van der Waals surface area (Å²) in [5.74, 6) is 1.32. The third kappa shape index (κ3) is 3.64. The lowest BCUT2D eigenvalue weighted by atomic mass is 10.4. The molecule has 0 unspecified atom stereocenters. The quantitative estimate of drug-likeness (QED) is 0.486. The van der Waals surface area contributed by atoms with Gasteiger partial charge in [0.1, 0.15) is 11.0 Å². The Morgan fingerprint density at radius 1 is 1.18 bits per heavy atom. The van der Waals surface area contributed by atoms with Crippen LogP contribution in [0.1, 0.15) is 17.2 Å². The second-order valence-corrected chi connectivity index (χ2v) is 4.85. The van der Waals surface area contributed by atoms with E-state index < -0.39 is 0 Å². The first-order valence-corrected chi connectivity index (χ1v) is 6.42. The molecule has 0 aliphatic carbocycles. The maximum Gasteiger partial charge on any atom is 0.188 e. The normalized spacial score (nSPS) is 10.5. The van der Waals surface area contributed by atoms with Crippen molar-refractivity contribution in [2.24, 2.45) is 0 Å². The average Bonchev–Trinajstić information content (AvgIpc) is 2.25. The monoisotopic (exact) mass is 266 g/mol. The van der Waals surface area contributed by atoms with E-state index in [9.17, 15) is 0 Å². The highest BCUT2D eigenvalue weighted by Crippen LogP contribution is 2.18. The zero-order chi connectivity index (χ0) is 12.3. The van der Waals surface area contributed by atoms with E-state index in [1.165, 1.54) is 11.8 Å². The van der Waals surface area contributed by atoms with Gasteiger partial charge in [0.05, 0.1) is 5.75 Å². The molecular weight excluding hydrogens is 256 g/mol. The zero-order valence-corrected chi connectivity index (χ0v) is 11.1. The van der Waals surface area contributed by atoms with Crippen LogP contribution in [-0.4, -0.2) is 19.9 Å². The second-order valence-electron chi connectivity index (χ2n) is 3.52. The maximum atomic E-state index is 5.87. The van der Waals surface area contributed by atoms with Gasteiger partial charge in [0, 0.05) is 17.6 Å². The van der Waals surface area contributed by atoms with Crippen molar-refractivity contribution in [1.82, 2.24) is 19.9 Å². The molecule has 6 heteroatoms. The fourth-order valence-electron chi connectivity index (χ4n) is 1.28. The molecule has 0 amide bonds. The Hall–Kier alpha value is -1.20. The molecule has 2 aromatic rings. The molecule has 0 radical (unpaired) electrons. The lowest BCUT2D eigenvalue weighted by molar-refractivity contribution is 0.925. The first-order valence-electron chi connectivity index (χ1n) is 5.06. The van der Waals surface area contributed by atoms with E-state index in [2.05, 4.69) is 19.9 Å². The van der Waals surface area contributed by atoms with Gasteiger partial charge in [-0.05, 0) is 26.0 Å². The molecule has 0 aliphatic rings. The number of aromatic nitrogens is 4. The number of hydrogen-bond donors (Lipinski definition) is 0. The summed E-state index contributed by atoms with van der Waals surface area (Å²) in [5.41, 5.74) is 1.82. The van der Waals surface area contributed by atoms with E-state index in [4.69, 9.17) is 11.6 Å². The van der Waals surface area contributed by atoms with Crippen molar-refractivity contribution in [3.8, 4) is 0 Å². The Morgan fingerprint density at radius 3 is 2.71 bits per heavy atom. The Morgan fingerprint density at radius 2 is 2.00 bits per heavy atom. The number of nitrogens with zero attached hydrogens (tertiary/aromatic N) is 4. The van der Waals surface area contributed by atoms with Gasteiger partial charge < -0.3 is 0 Å². The van der Waals surface area contributed by atoms with Gasteiger partial charge in [0.25, 0.3) is 0 Å². The summed E-state index contributed by atoms with van der Waals surface area (Å²) in [5, 5.41) is 1.20. The largest absolute Gasteiger partial charge is 0.237 e. The number of halogens is 1. The van der Waals surface area contributed by atoms with Crippen LogP contribution in [-0.2, 0) is 5.75 Å². The molecule has 2 aromatic heterocycles. The van der Waals surface area contributed by atoms with E-state index in [1.54, 1.807) is 12.3 Å². The summed E-state index contributed by atoms with van der Waals surface area (Å²) < 4.78 is 0. The van der Waals surface area contributed by atoms with Crippen LogP contribution < -0.4 is 0 Å². The molecule has 0 aromatic carbocycles. The molecule has 2 rings (SSSR count). The lowest BCUT2D eigenvalue weighted by Crippen LogP contribution is -1.96. The van der Waals surface area contributed by atoms with Crippen LogP contribution >= 0.6 is 23.4 Å². The molecule has 4 nitrogen and oxygen atoms in total. The molecular formula is C11H11ClN4S. The van der Waals surface area contributed by atoms with Gasteiger partial charge in [-0.25, -0.2) is 19.9 Å². The smallest absolute Gasteiger partial charge is 0.188 e. The number of rotatable bonds is 3. The van der Waals surface area contributed by atoms with Gasteiger partial charge in [0.15, 0.2) is 5.16 Å². The van der Waals surface area contributed by atoms with E-state index in [0.717, 1.165) is 16.5 Å².